The van der Waals surface area contributed by atoms with E-state index in [-0.39, 0.29) is 36.5 Å². The Bertz CT molecular complexity index is 1700. The van der Waals surface area contributed by atoms with E-state index in [0.29, 0.717) is 6.54 Å². The molecular formula is C44H76N2O14S. The van der Waals surface area contributed by atoms with Crippen LogP contribution in [0.1, 0.15) is 100 Å². The summed E-state index contributed by atoms with van der Waals surface area (Å²) < 4.78 is 66.6. The lowest BCUT2D eigenvalue weighted by Gasteiger charge is -2.48. The number of rotatable bonds is 9. The van der Waals surface area contributed by atoms with Gasteiger partial charge in [-0.15, -0.1) is 0 Å². The topological polar surface area (TPSA) is 214 Å². The lowest BCUT2D eigenvalue weighted by molar-refractivity contribution is -0.317. The molecule has 0 radical (unpaired) electrons. The predicted molar refractivity (Wildman–Crippen MR) is 227 cm³/mol. The molecule has 1 aromatic rings. The Morgan fingerprint density at radius 2 is 1.54 bits per heavy atom. The van der Waals surface area contributed by atoms with E-state index in [9.17, 15) is 38.7 Å². The molecule has 0 spiro atoms. The quantitative estimate of drug-likeness (QED) is 0.226. The fourth-order valence-electron chi connectivity index (χ4n) is 9.64. The second-order valence-electron chi connectivity index (χ2n) is 19.0. The SMILES string of the molecule is CC[C@H]1OC(=O)[C@H](C)[C@H](O[C@H]2C[C@@](C)(OC)[C@@H](O)[C@H](C)O2)[C@H](C)[C@@H](O[C@@H]2O[C@H](C)C[C@H](N(C)S(=O)(=O)c3ccc(C)cc3)[C@H]2O)[C@](C)(O)C[C@@H](C)CN(C)[C@H](C)[C@H](O)[C@]1(C)O. The molecule has 16 nitrogen and oxygen atoms in total. The van der Waals surface area contributed by atoms with Gasteiger partial charge in [0.05, 0.1) is 52.5 Å². The van der Waals surface area contributed by atoms with Crippen molar-refractivity contribution in [1.82, 2.24) is 9.21 Å². The third-order valence-corrected chi connectivity index (χ3v) is 15.6. The van der Waals surface area contributed by atoms with Gasteiger partial charge >= 0.3 is 5.97 Å². The molecular weight excluding hydrogens is 813 g/mol. The third kappa shape index (κ3) is 11.3. The molecule has 5 N–H and O–H groups in total. The number of aliphatic hydroxyl groups excluding tert-OH is 3. The molecule has 3 aliphatic rings. The Labute approximate surface area is 363 Å². The minimum atomic E-state index is -4.07. The van der Waals surface area contributed by atoms with Crippen LogP contribution in [0.5, 0.6) is 0 Å². The first-order valence-corrected chi connectivity index (χ1v) is 23.2. The lowest BCUT2D eigenvalue weighted by Crippen LogP contribution is -2.61. The zero-order valence-electron chi connectivity index (χ0n) is 38.7. The number of aliphatic hydroxyl groups is 5. The molecule has 18 atom stereocenters. The number of ether oxygens (including phenoxy) is 6. The van der Waals surface area contributed by atoms with Gasteiger partial charge in [-0.1, -0.05) is 38.5 Å². The maximum atomic E-state index is 14.4. The number of nitrogens with zero attached hydrogens (tertiary/aromatic N) is 2. The minimum absolute atomic E-state index is 0.0626. The van der Waals surface area contributed by atoms with Crippen LogP contribution in [0.15, 0.2) is 29.2 Å². The van der Waals surface area contributed by atoms with Crippen LogP contribution in [0.4, 0.5) is 0 Å². The van der Waals surface area contributed by atoms with Crippen molar-refractivity contribution < 1.29 is 67.2 Å². The van der Waals surface area contributed by atoms with Crippen LogP contribution in [0.25, 0.3) is 0 Å². The first kappa shape index (κ1) is 51.8. The minimum Gasteiger partial charge on any atom is -0.459 e. The first-order chi connectivity index (χ1) is 28.1. The third-order valence-electron chi connectivity index (χ3n) is 13.7. The monoisotopic (exact) mass is 889 g/mol. The average Bonchev–Trinajstić information content (AvgIpc) is 3.18. The zero-order chi connectivity index (χ0) is 46.2. The van der Waals surface area contributed by atoms with Gasteiger partial charge < -0.3 is 58.9 Å². The summed E-state index contributed by atoms with van der Waals surface area (Å²) in [6.45, 7) is 19.2. The number of hydrogen-bond acceptors (Lipinski definition) is 15. The number of aryl methyl sites for hydroxylation is 1. The number of sulfonamides is 1. The number of carbonyl (C=O) groups is 1. The molecule has 0 unspecified atom stereocenters. The summed E-state index contributed by atoms with van der Waals surface area (Å²) in [7, 11) is 0.609. The highest BCUT2D eigenvalue weighted by molar-refractivity contribution is 7.89. The lowest BCUT2D eigenvalue weighted by atomic mass is 9.77. The summed E-state index contributed by atoms with van der Waals surface area (Å²) in [4.78, 5) is 16.3. The Morgan fingerprint density at radius 1 is 0.934 bits per heavy atom. The summed E-state index contributed by atoms with van der Waals surface area (Å²) >= 11 is 0. The van der Waals surface area contributed by atoms with Crippen molar-refractivity contribution >= 4 is 16.0 Å². The van der Waals surface area contributed by atoms with E-state index in [1.54, 1.807) is 74.6 Å². The molecule has 3 saturated heterocycles. The van der Waals surface area contributed by atoms with Gasteiger partial charge in [0.25, 0.3) is 0 Å². The van der Waals surface area contributed by atoms with Crippen molar-refractivity contribution in [3.8, 4) is 0 Å². The van der Waals surface area contributed by atoms with Crippen molar-refractivity contribution in [1.29, 1.82) is 0 Å². The van der Waals surface area contributed by atoms with Gasteiger partial charge in [-0.05, 0) is 99.8 Å². The molecule has 3 aliphatic heterocycles. The number of esters is 1. The van der Waals surface area contributed by atoms with E-state index in [1.807, 2.05) is 18.7 Å². The second kappa shape index (κ2) is 20.1. The zero-order valence-corrected chi connectivity index (χ0v) is 39.5. The van der Waals surface area contributed by atoms with E-state index in [2.05, 4.69) is 0 Å². The number of carbonyl (C=O) groups excluding carboxylic acids is 1. The van der Waals surface area contributed by atoms with Crippen LogP contribution in [0.2, 0.25) is 0 Å². The number of methoxy groups -OCH3 is 1. The highest BCUT2D eigenvalue weighted by Crippen LogP contribution is 2.40. The van der Waals surface area contributed by atoms with Crippen molar-refractivity contribution in [2.75, 3.05) is 27.7 Å². The van der Waals surface area contributed by atoms with Crippen molar-refractivity contribution in [3.63, 3.8) is 0 Å². The Balaban J connectivity index is 1.83. The van der Waals surface area contributed by atoms with Gasteiger partial charge in [0, 0.05) is 39.1 Å². The molecule has 0 bridgehead atoms. The summed E-state index contributed by atoms with van der Waals surface area (Å²) in [6.07, 6.45) is -10.7. The summed E-state index contributed by atoms with van der Waals surface area (Å²) in [5.41, 5.74) is -3.78. The van der Waals surface area contributed by atoms with Crippen molar-refractivity contribution in [2.24, 2.45) is 17.8 Å². The maximum absolute atomic E-state index is 14.4. The molecule has 0 amide bonds. The van der Waals surface area contributed by atoms with Gasteiger partial charge in [-0.3, -0.25) is 4.79 Å². The Hall–Kier alpha value is -1.84. The highest BCUT2D eigenvalue weighted by atomic mass is 32.2. The molecule has 352 valence electrons. The van der Waals surface area contributed by atoms with E-state index >= 15 is 0 Å². The normalized spacial score (nSPS) is 44.3. The van der Waals surface area contributed by atoms with Crippen LogP contribution < -0.4 is 0 Å². The summed E-state index contributed by atoms with van der Waals surface area (Å²) in [5.74, 6) is -3.03. The standard InChI is InChI=1S/C44H76N2O14S/c1-15-33-44(11,52)37(48)29(7)45(12)23-25(3)21-42(9,51)39(27(5)36(28(6)40(50)58-33)59-34-22-43(10,55-14)38(49)30(8)57-34)60-41-35(47)32(20-26(4)56-41)46(13)61(53,54)31-18-16-24(2)17-19-31/h16-19,25-30,32-39,41,47-49,51-52H,15,20-23H2,1-14H3/t25-,26-,27+,28-,29-,30+,32+,33-,34+,35-,36-,37+,38+,39-,41+,42-,43-,44-/m1/s1. The second-order valence-corrected chi connectivity index (χ2v) is 21.0. The maximum Gasteiger partial charge on any atom is 0.311 e. The smallest absolute Gasteiger partial charge is 0.311 e. The molecule has 0 aromatic heterocycles. The fraction of sp³-hybridized carbons (Fsp3) is 0.841. The Kier molecular flexibility index (Phi) is 17.1. The van der Waals surface area contributed by atoms with Crippen molar-refractivity contribution in [2.45, 2.75) is 197 Å². The van der Waals surface area contributed by atoms with Crippen LogP contribution in [-0.2, 0) is 43.2 Å². The summed E-state index contributed by atoms with van der Waals surface area (Å²) in [5, 5.41) is 59.1. The van der Waals surface area contributed by atoms with Crippen LogP contribution >= 0.6 is 0 Å². The van der Waals surface area contributed by atoms with Crippen molar-refractivity contribution in [3.05, 3.63) is 29.8 Å². The average molecular weight is 889 g/mol. The first-order valence-electron chi connectivity index (χ1n) is 21.7. The van der Waals surface area contributed by atoms with E-state index < -0.39 is 118 Å². The van der Waals surface area contributed by atoms with Gasteiger partial charge in [-0.25, -0.2) is 8.42 Å². The highest BCUT2D eigenvalue weighted by Gasteiger charge is 2.53. The van der Waals surface area contributed by atoms with E-state index in [0.717, 1.165) is 9.87 Å². The fourth-order valence-corrected chi connectivity index (χ4v) is 11.0. The molecule has 0 saturated carbocycles. The van der Waals surface area contributed by atoms with E-state index in [4.69, 9.17) is 28.4 Å². The molecule has 1 aromatic carbocycles. The number of benzene rings is 1. The molecule has 61 heavy (non-hydrogen) atoms. The van der Waals surface area contributed by atoms with E-state index in [1.165, 1.54) is 33.2 Å². The van der Waals surface area contributed by atoms with Gasteiger partial charge in [-0.2, -0.15) is 4.31 Å². The molecule has 3 fully saturated rings. The number of likely N-dealkylation sites (N-methyl/N-ethyl adjacent to an activating group) is 2. The Morgan fingerprint density at radius 3 is 2.11 bits per heavy atom. The summed E-state index contributed by atoms with van der Waals surface area (Å²) in [6, 6.07) is 4.84. The number of hydrogen-bond donors (Lipinski definition) is 5. The predicted octanol–water partition coefficient (Wildman–Crippen LogP) is 2.97. The van der Waals surface area contributed by atoms with Crippen LogP contribution in [0, 0.1) is 24.7 Å². The number of cyclic esters (lactones) is 1. The van der Waals surface area contributed by atoms with Gasteiger partial charge in [0.2, 0.25) is 10.0 Å². The largest absolute Gasteiger partial charge is 0.459 e. The van der Waals surface area contributed by atoms with Gasteiger partial charge in [0.1, 0.15) is 30.0 Å². The van der Waals surface area contributed by atoms with Crippen LogP contribution in [-0.4, -0.2) is 167 Å². The van der Waals surface area contributed by atoms with Crippen LogP contribution in [0.3, 0.4) is 0 Å². The molecule has 0 aliphatic carbocycles. The molecule has 17 heteroatoms. The van der Waals surface area contributed by atoms with Gasteiger partial charge in [0.15, 0.2) is 12.6 Å². The molecule has 3 heterocycles. The molecule has 4 rings (SSSR count).